The van der Waals surface area contributed by atoms with E-state index in [0.717, 1.165) is 17.8 Å². The Labute approximate surface area is 63.3 Å². The zero-order valence-corrected chi connectivity index (χ0v) is 6.93. The zero-order valence-electron chi connectivity index (χ0n) is 6.93. The highest BCUT2D eigenvalue weighted by molar-refractivity contribution is 5.18. The maximum absolute atomic E-state index is 2.54. The highest BCUT2D eigenvalue weighted by Crippen LogP contribution is 2.50. The van der Waals surface area contributed by atoms with Crippen LogP contribution in [0, 0.1) is 17.8 Å². The maximum atomic E-state index is 2.54. The molecule has 0 heteroatoms. The topological polar surface area (TPSA) is 0 Å². The molecule has 0 aliphatic heterocycles. The van der Waals surface area contributed by atoms with Gasteiger partial charge in [0.25, 0.3) is 0 Å². The SMILES string of the molecule is CCC1=CC2CC2CC1C. The van der Waals surface area contributed by atoms with Gasteiger partial charge in [-0.25, -0.2) is 0 Å². The molecule has 56 valence electrons. The molecule has 0 saturated heterocycles. The molecule has 2 rings (SSSR count). The van der Waals surface area contributed by atoms with E-state index >= 15 is 0 Å². The van der Waals surface area contributed by atoms with E-state index in [2.05, 4.69) is 19.9 Å². The van der Waals surface area contributed by atoms with Gasteiger partial charge >= 0.3 is 0 Å². The van der Waals surface area contributed by atoms with Crippen LogP contribution in [0.25, 0.3) is 0 Å². The lowest BCUT2D eigenvalue weighted by atomic mass is 9.88. The fraction of sp³-hybridized carbons (Fsp3) is 0.800. The Kier molecular flexibility index (Phi) is 1.36. The molecular formula is C10H16. The van der Waals surface area contributed by atoms with Gasteiger partial charge in [-0.15, -0.1) is 0 Å². The normalized spacial score (nSPS) is 44.2. The number of hydrogen-bond acceptors (Lipinski definition) is 0. The highest BCUT2D eigenvalue weighted by atomic mass is 14.4. The van der Waals surface area contributed by atoms with Crippen LogP contribution >= 0.6 is 0 Å². The third-order valence-corrected chi connectivity index (χ3v) is 3.10. The minimum absolute atomic E-state index is 0.897. The van der Waals surface area contributed by atoms with Crippen molar-refractivity contribution in [2.45, 2.75) is 33.1 Å². The molecule has 10 heavy (non-hydrogen) atoms. The Balaban J connectivity index is 2.13. The van der Waals surface area contributed by atoms with E-state index in [4.69, 9.17) is 0 Å². The summed E-state index contributed by atoms with van der Waals surface area (Å²) in [5, 5.41) is 0. The molecule has 0 aromatic carbocycles. The number of rotatable bonds is 1. The molecule has 0 N–H and O–H groups in total. The van der Waals surface area contributed by atoms with Crippen LogP contribution < -0.4 is 0 Å². The molecule has 0 spiro atoms. The molecular weight excluding hydrogens is 120 g/mol. The summed E-state index contributed by atoms with van der Waals surface area (Å²) >= 11 is 0. The van der Waals surface area contributed by atoms with Crippen molar-refractivity contribution < 1.29 is 0 Å². The summed E-state index contributed by atoms with van der Waals surface area (Å²) in [6, 6.07) is 0. The third kappa shape index (κ3) is 0.902. The lowest BCUT2D eigenvalue weighted by molar-refractivity contribution is 0.511. The minimum atomic E-state index is 0.897. The van der Waals surface area contributed by atoms with Gasteiger partial charge in [0.15, 0.2) is 0 Å². The largest absolute Gasteiger partial charge is 0.0817 e. The van der Waals surface area contributed by atoms with Crippen molar-refractivity contribution in [2.24, 2.45) is 17.8 Å². The minimum Gasteiger partial charge on any atom is -0.0817 e. The van der Waals surface area contributed by atoms with E-state index in [1.54, 1.807) is 5.57 Å². The van der Waals surface area contributed by atoms with Crippen LogP contribution in [-0.4, -0.2) is 0 Å². The summed E-state index contributed by atoms with van der Waals surface area (Å²) in [5.41, 5.74) is 1.72. The Bertz CT molecular complexity index is 167. The molecule has 0 bridgehead atoms. The highest BCUT2D eigenvalue weighted by Gasteiger charge is 2.39. The van der Waals surface area contributed by atoms with E-state index < -0.39 is 0 Å². The summed E-state index contributed by atoms with van der Waals surface area (Å²) < 4.78 is 0. The van der Waals surface area contributed by atoms with Gasteiger partial charge in [0, 0.05) is 0 Å². The van der Waals surface area contributed by atoms with E-state index in [-0.39, 0.29) is 0 Å². The number of fused-ring (bicyclic) bond motifs is 1. The fourth-order valence-electron chi connectivity index (χ4n) is 2.26. The number of hydrogen-bond donors (Lipinski definition) is 0. The monoisotopic (exact) mass is 136 g/mol. The van der Waals surface area contributed by atoms with E-state index in [1.807, 2.05) is 0 Å². The summed E-state index contributed by atoms with van der Waals surface area (Å²) in [5.74, 6) is 2.99. The molecule has 1 fully saturated rings. The molecule has 1 saturated carbocycles. The molecule has 3 atom stereocenters. The smallest absolute Gasteiger partial charge is 0.0199 e. The molecule has 2 aliphatic rings. The second kappa shape index (κ2) is 2.11. The van der Waals surface area contributed by atoms with Crippen molar-refractivity contribution in [1.29, 1.82) is 0 Å². The van der Waals surface area contributed by atoms with Gasteiger partial charge in [-0.1, -0.05) is 25.5 Å². The maximum Gasteiger partial charge on any atom is -0.0199 e. The first kappa shape index (κ1) is 6.45. The van der Waals surface area contributed by atoms with E-state index in [9.17, 15) is 0 Å². The van der Waals surface area contributed by atoms with Crippen LogP contribution in [0.2, 0.25) is 0 Å². The molecule has 0 aromatic rings. The molecule has 0 aromatic heterocycles. The standard InChI is InChI=1S/C10H16/c1-3-8-5-10-6-9(10)4-7(8)2/h5,7,9-10H,3-4,6H2,1-2H3. The molecule has 0 nitrogen and oxygen atoms in total. The van der Waals surface area contributed by atoms with E-state index in [1.165, 1.54) is 19.3 Å². The van der Waals surface area contributed by atoms with Gasteiger partial charge in [0.05, 0.1) is 0 Å². The van der Waals surface area contributed by atoms with Crippen molar-refractivity contribution in [1.82, 2.24) is 0 Å². The summed E-state index contributed by atoms with van der Waals surface area (Å²) in [4.78, 5) is 0. The Hall–Kier alpha value is -0.260. The molecule has 0 amide bonds. The van der Waals surface area contributed by atoms with Gasteiger partial charge in [-0.2, -0.15) is 0 Å². The van der Waals surface area contributed by atoms with Gasteiger partial charge in [0.2, 0.25) is 0 Å². The van der Waals surface area contributed by atoms with Gasteiger partial charge in [-0.05, 0) is 37.0 Å². The van der Waals surface area contributed by atoms with Crippen molar-refractivity contribution >= 4 is 0 Å². The van der Waals surface area contributed by atoms with Crippen LogP contribution in [0.3, 0.4) is 0 Å². The summed E-state index contributed by atoms with van der Waals surface area (Å²) in [6.07, 6.45) is 6.79. The van der Waals surface area contributed by atoms with Crippen LogP contribution in [0.15, 0.2) is 11.6 Å². The predicted octanol–water partition coefficient (Wildman–Crippen LogP) is 3.00. The molecule has 0 heterocycles. The first-order chi connectivity index (χ1) is 4.81. The molecule has 3 unspecified atom stereocenters. The van der Waals surface area contributed by atoms with Crippen LogP contribution in [0.5, 0.6) is 0 Å². The first-order valence-electron chi connectivity index (χ1n) is 4.52. The predicted molar refractivity (Wildman–Crippen MR) is 43.8 cm³/mol. The molecule has 0 radical (unpaired) electrons. The lowest BCUT2D eigenvalue weighted by Gasteiger charge is -2.18. The van der Waals surface area contributed by atoms with Gasteiger partial charge in [-0.3, -0.25) is 0 Å². The second-order valence-electron chi connectivity index (χ2n) is 3.89. The average molecular weight is 136 g/mol. The van der Waals surface area contributed by atoms with Crippen LogP contribution in [0.4, 0.5) is 0 Å². The van der Waals surface area contributed by atoms with Crippen molar-refractivity contribution in [2.75, 3.05) is 0 Å². The Morgan fingerprint density at radius 1 is 1.50 bits per heavy atom. The average Bonchev–Trinajstić information content (AvgIpc) is 2.64. The fourth-order valence-corrected chi connectivity index (χ4v) is 2.26. The lowest BCUT2D eigenvalue weighted by Crippen LogP contribution is -2.05. The van der Waals surface area contributed by atoms with Gasteiger partial charge < -0.3 is 0 Å². The van der Waals surface area contributed by atoms with E-state index in [0.29, 0.717) is 0 Å². The van der Waals surface area contributed by atoms with Crippen molar-refractivity contribution in [3.8, 4) is 0 Å². The number of allylic oxidation sites excluding steroid dienone is 2. The quantitative estimate of drug-likeness (QED) is 0.486. The second-order valence-corrected chi connectivity index (χ2v) is 3.89. The summed E-state index contributed by atoms with van der Waals surface area (Å²) in [7, 11) is 0. The van der Waals surface area contributed by atoms with Crippen LogP contribution in [0.1, 0.15) is 33.1 Å². The summed E-state index contributed by atoms with van der Waals surface area (Å²) in [6.45, 7) is 4.66. The van der Waals surface area contributed by atoms with Crippen LogP contribution in [-0.2, 0) is 0 Å². The third-order valence-electron chi connectivity index (χ3n) is 3.10. The Morgan fingerprint density at radius 2 is 2.30 bits per heavy atom. The molecule has 2 aliphatic carbocycles. The van der Waals surface area contributed by atoms with Crippen molar-refractivity contribution in [3.05, 3.63) is 11.6 Å². The van der Waals surface area contributed by atoms with Crippen molar-refractivity contribution in [3.63, 3.8) is 0 Å². The Morgan fingerprint density at radius 3 is 3.00 bits per heavy atom. The zero-order chi connectivity index (χ0) is 7.14. The first-order valence-corrected chi connectivity index (χ1v) is 4.52. The van der Waals surface area contributed by atoms with Gasteiger partial charge in [0.1, 0.15) is 0 Å².